The maximum Gasteiger partial charge on any atom is 0.306 e. The molecule has 0 aliphatic rings. The van der Waals surface area contributed by atoms with Gasteiger partial charge in [-0.25, -0.2) is 0 Å². The maximum absolute atomic E-state index is 12.8. The first kappa shape index (κ1) is 61.1. The summed E-state index contributed by atoms with van der Waals surface area (Å²) in [6.45, 7) is 6.53. The molecule has 0 N–H and O–H groups in total. The Morgan fingerprint density at radius 3 is 0.938 bits per heavy atom. The van der Waals surface area contributed by atoms with Crippen molar-refractivity contribution >= 4 is 17.9 Å². The Kier molecular flexibility index (Phi) is 50.4. The topological polar surface area (TPSA) is 78.9 Å². The van der Waals surface area contributed by atoms with E-state index in [2.05, 4.69) is 81.5 Å². The second-order valence-corrected chi connectivity index (χ2v) is 18.1. The van der Waals surface area contributed by atoms with Gasteiger partial charge in [-0.05, 0) is 83.5 Å². The molecular formula is C58H102O6. The Bertz CT molecular complexity index is 1170. The van der Waals surface area contributed by atoms with Crippen LogP contribution in [0.2, 0.25) is 0 Å². The Labute approximate surface area is 396 Å². The van der Waals surface area contributed by atoms with Crippen molar-refractivity contribution in [3.05, 3.63) is 60.8 Å². The minimum Gasteiger partial charge on any atom is -0.462 e. The first-order valence-electron chi connectivity index (χ1n) is 27.3. The SMILES string of the molecule is CCC/C=C\C/C=C\CCCCCCCC(=O)OC(COC(=O)CCCCCCCCCC)COC(=O)CCCCCCCCCCCC/C=C\C/C=C\C/C=C\CCCCCCC. The van der Waals surface area contributed by atoms with Crippen molar-refractivity contribution in [1.29, 1.82) is 0 Å². The van der Waals surface area contributed by atoms with E-state index in [0.29, 0.717) is 19.3 Å². The molecule has 0 aliphatic heterocycles. The normalized spacial score (nSPS) is 12.5. The van der Waals surface area contributed by atoms with Crippen molar-refractivity contribution in [1.82, 2.24) is 0 Å². The second-order valence-electron chi connectivity index (χ2n) is 18.1. The highest BCUT2D eigenvalue weighted by Crippen LogP contribution is 2.15. The van der Waals surface area contributed by atoms with Crippen LogP contribution in [0, 0.1) is 0 Å². The molecule has 0 aromatic rings. The molecule has 0 radical (unpaired) electrons. The molecule has 0 rings (SSSR count). The lowest BCUT2D eigenvalue weighted by Crippen LogP contribution is -2.30. The lowest BCUT2D eigenvalue weighted by Gasteiger charge is -2.18. The van der Waals surface area contributed by atoms with E-state index in [4.69, 9.17) is 14.2 Å². The second kappa shape index (κ2) is 52.7. The van der Waals surface area contributed by atoms with Gasteiger partial charge in [0.15, 0.2) is 6.10 Å². The van der Waals surface area contributed by atoms with Gasteiger partial charge in [0.2, 0.25) is 0 Å². The van der Waals surface area contributed by atoms with E-state index >= 15 is 0 Å². The molecule has 0 aromatic heterocycles. The summed E-state index contributed by atoms with van der Waals surface area (Å²) in [5.41, 5.74) is 0. The van der Waals surface area contributed by atoms with Crippen molar-refractivity contribution in [2.24, 2.45) is 0 Å². The van der Waals surface area contributed by atoms with Crippen LogP contribution in [0.1, 0.15) is 271 Å². The Balaban J connectivity index is 4.19. The summed E-state index contributed by atoms with van der Waals surface area (Å²) in [6, 6.07) is 0. The summed E-state index contributed by atoms with van der Waals surface area (Å²) in [5.74, 6) is -0.898. The van der Waals surface area contributed by atoms with E-state index < -0.39 is 6.10 Å². The molecule has 370 valence electrons. The summed E-state index contributed by atoms with van der Waals surface area (Å²) in [5, 5.41) is 0. The first-order chi connectivity index (χ1) is 31.5. The average molecular weight is 895 g/mol. The van der Waals surface area contributed by atoms with Gasteiger partial charge in [0, 0.05) is 19.3 Å². The molecular weight excluding hydrogens is 793 g/mol. The van der Waals surface area contributed by atoms with Crippen LogP contribution < -0.4 is 0 Å². The fourth-order valence-electron chi connectivity index (χ4n) is 7.60. The van der Waals surface area contributed by atoms with Crippen LogP contribution in [0.15, 0.2) is 60.8 Å². The van der Waals surface area contributed by atoms with Crippen molar-refractivity contribution < 1.29 is 28.6 Å². The predicted molar refractivity (Wildman–Crippen MR) is 275 cm³/mol. The van der Waals surface area contributed by atoms with Crippen LogP contribution in [0.5, 0.6) is 0 Å². The van der Waals surface area contributed by atoms with Crippen LogP contribution in [-0.2, 0) is 28.6 Å². The molecule has 0 bridgehead atoms. The van der Waals surface area contributed by atoms with Gasteiger partial charge < -0.3 is 14.2 Å². The molecule has 0 amide bonds. The fraction of sp³-hybridized carbons (Fsp3) is 0.776. The summed E-state index contributed by atoms with van der Waals surface area (Å²) < 4.78 is 16.7. The minimum atomic E-state index is -0.779. The molecule has 0 saturated carbocycles. The van der Waals surface area contributed by atoms with Gasteiger partial charge in [0.1, 0.15) is 13.2 Å². The number of hydrogen-bond acceptors (Lipinski definition) is 6. The Morgan fingerprint density at radius 1 is 0.312 bits per heavy atom. The van der Waals surface area contributed by atoms with Crippen LogP contribution in [0.25, 0.3) is 0 Å². The molecule has 1 unspecified atom stereocenters. The monoisotopic (exact) mass is 895 g/mol. The quantitative estimate of drug-likeness (QED) is 0.0262. The molecule has 64 heavy (non-hydrogen) atoms. The van der Waals surface area contributed by atoms with Gasteiger partial charge in [-0.3, -0.25) is 14.4 Å². The van der Waals surface area contributed by atoms with E-state index in [1.54, 1.807) is 0 Å². The maximum atomic E-state index is 12.8. The van der Waals surface area contributed by atoms with Crippen molar-refractivity contribution in [3.8, 4) is 0 Å². The lowest BCUT2D eigenvalue weighted by molar-refractivity contribution is -0.167. The van der Waals surface area contributed by atoms with Crippen LogP contribution >= 0.6 is 0 Å². The standard InChI is InChI=1S/C58H102O6/c1-4-7-10-13-16-19-21-23-24-25-26-27-28-29-30-31-32-33-34-36-37-39-42-45-48-51-57(60)63-54-55(53-62-56(59)50-47-44-41-18-15-12-9-6-3)64-58(61)52-49-46-43-40-38-35-22-20-17-14-11-8-5-2/h11,14,20-23,25-26,28-29,55H,4-10,12-13,15-19,24,27,30-54H2,1-3H3/b14-11-,22-20-,23-21-,26-25-,29-28-. The fourth-order valence-corrected chi connectivity index (χ4v) is 7.60. The molecule has 0 fully saturated rings. The molecule has 6 nitrogen and oxygen atoms in total. The van der Waals surface area contributed by atoms with Gasteiger partial charge in [0.05, 0.1) is 0 Å². The third kappa shape index (κ3) is 50.1. The molecule has 6 heteroatoms. The Hall–Kier alpha value is -2.89. The Morgan fingerprint density at radius 2 is 0.594 bits per heavy atom. The van der Waals surface area contributed by atoms with Gasteiger partial charge in [-0.15, -0.1) is 0 Å². The van der Waals surface area contributed by atoms with Crippen LogP contribution in [-0.4, -0.2) is 37.2 Å². The number of rotatable bonds is 49. The third-order valence-electron chi connectivity index (χ3n) is 11.7. The van der Waals surface area contributed by atoms with Gasteiger partial charge >= 0.3 is 17.9 Å². The highest BCUT2D eigenvalue weighted by molar-refractivity contribution is 5.71. The number of allylic oxidation sites excluding steroid dienone is 10. The molecule has 0 heterocycles. The van der Waals surface area contributed by atoms with E-state index in [1.807, 2.05) is 0 Å². The zero-order valence-corrected chi connectivity index (χ0v) is 42.3. The van der Waals surface area contributed by atoms with E-state index in [1.165, 1.54) is 128 Å². The van der Waals surface area contributed by atoms with Crippen molar-refractivity contribution in [3.63, 3.8) is 0 Å². The zero-order valence-electron chi connectivity index (χ0n) is 42.3. The van der Waals surface area contributed by atoms with E-state index in [9.17, 15) is 14.4 Å². The molecule has 0 saturated heterocycles. The number of hydrogen-bond donors (Lipinski definition) is 0. The van der Waals surface area contributed by atoms with Crippen LogP contribution in [0.4, 0.5) is 0 Å². The van der Waals surface area contributed by atoms with Gasteiger partial charge in [-0.1, -0.05) is 229 Å². The predicted octanol–water partition coefficient (Wildman–Crippen LogP) is 18.0. The number of esters is 3. The smallest absolute Gasteiger partial charge is 0.306 e. The highest BCUT2D eigenvalue weighted by atomic mass is 16.6. The molecule has 0 aromatic carbocycles. The van der Waals surface area contributed by atoms with Crippen molar-refractivity contribution in [2.45, 2.75) is 277 Å². The lowest BCUT2D eigenvalue weighted by atomic mass is 10.1. The summed E-state index contributed by atoms with van der Waals surface area (Å²) in [4.78, 5) is 37.9. The molecule has 0 spiro atoms. The van der Waals surface area contributed by atoms with Gasteiger partial charge in [0.25, 0.3) is 0 Å². The molecule has 1 atom stereocenters. The van der Waals surface area contributed by atoms with E-state index in [-0.39, 0.29) is 31.1 Å². The summed E-state index contributed by atoms with van der Waals surface area (Å²) in [6.07, 6.45) is 65.1. The minimum absolute atomic E-state index is 0.0799. The van der Waals surface area contributed by atoms with Crippen LogP contribution in [0.3, 0.4) is 0 Å². The number of carbonyl (C=O) groups is 3. The van der Waals surface area contributed by atoms with Crippen molar-refractivity contribution in [2.75, 3.05) is 13.2 Å². The largest absolute Gasteiger partial charge is 0.462 e. The number of unbranched alkanes of at least 4 members (excludes halogenated alkanes) is 28. The number of ether oxygens (including phenoxy) is 3. The van der Waals surface area contributed by atoms with Gasteiger partial charge in [-0.2, -0.15) is 0 Å². The summed E-state index contributed by atoms with van der Waals surface area (Å²) >= 11 is 0. The van der Waals surface area contributed by atoms with E-state index in [0.717, 1.165) is 103 Å². The summed E-state index contributed by atoms with van der Waals surface area (Å²) in [7, 11) is 0. The zero-order chi connectivity index (χ0) is 46.5. The molecule has 0 aliphatic carbocycles. The highest BCUT2D eigenvalue weighted by Gasteiger charge is 2.19. The third-order valence-corrected chi connectivity index (χ3v) is 11.7. The first-order valence-corrected chi connectivity index (χ1v) is 27.3. The number of carbonyl (C=O) groups excluding carboxylic acids is 3. The average Bonchev–Trinajstić information content (AvgIpc) is 3.29.